The molecule has 0 radical (unpaired) electrons. The first kappa shape index (κ1) is 16.0. The maximum Gasteiger partial charge on any atom is 0.238 e. The van der Waals surface area contributed by atoms with E-state index in [1.165, 1.54) is 0 Å². The van der Waals surface area contributed by atoms with Gasteiger partial charge in [-0.25, -0.2) is 0 Å². The second-order valence-corrected chi connectivity index (χ2v) is 6.46. The molecular weight excluding hydrogens is 304 g/mol. The molecule has 5 heteroatoms. The summed E-state index contributed by atoms with van der Waals surface area (Å²) in [6.45, 7) is 4.80. The topological polar surface area (TPSA) is 33.2 Å². The van der Waals surface area contributed by atoms with Gasteiger partial charge in [0.1, 0.15) is 5.88 Å². The average Bonchev–Trinajstić information content (AvgIpc) is 2.99. The molecule has 0 aliphatic carbocycles. The van der Waals surface area contributed by atoms with Crippen molar-refractivity contribution in [1.82, 2.24) is 9.88 Å². The molecule has 1 heterocycles. The van der Waals surface area contributed by atoms with Gasteiger partial charge in [0.05, 0.1) is 18.1 Å². The zero-order valence-corrected chi connectivity index (χ0v) is 13.8. The Bertz CT molecular complexity index is 557. The summed E-state index contributed by atoms with van der Waals surface area (Å²) in [4.78, 5) is 19.3. The lowest BCUT2D eigenvalue weighted by Gasteiger charge is -2.34. The molecule has 1 amide bonds. The van der Waals surface area contributed by atoms with Gasteiger partial charge in [-0.2, -0.15) is 0 Å². The van der Waals surface area contributed by atoms with Crippen LogP contribution in [0, 0.1) is 5.92 Å². The Balaban J connectivity index is 2.33. The van der Waals surface area contributed by atoms with Gasteiger partial charge in [-0.05, 0) is 11.5 Å². The highest BCUT2D eigenvalue weighted by molar-refractivity contribution is 7.09. The molecule has 0 saturated carbocycles. The summed E-state index contributed by atoms with van der Waals surface area (Å²) >= 11 is 7.38. The molecule has 2 rings (SSSR count). The molecular formula is C16H19ClN2OS. The van der Waals surface area contributed by atoms with Crippen molar-refractivity contribution in [3.05, 3.63) is 52.5 Å². The lowest BCUT2D eigenvalue weighted by Crippen LogP contribution is -2.37. The molecule has 0 aliphatic heterocycles. The van der Waals surface area contributed by atoms with E-state index >= 15 is 0 Å². The Morgan fingerprint density at radius 1 is 1.33 bits per heavy atom. The van der Waals surface area contributed by atoms with E-state index in [-0.39, 0.29) is 17.8 Å². The molecule has 1 unspecified atom stereocenters. The first-order valence-corrected chi connectivity index (χ1v) is 8.32. The van der Waals surface area contributed by atoms with Crippen LogP contribution in [0.4, 0.5) is 0 Å². The third-order valence-electron chi connectivity index (χ3n) is 3.35. The van der Waals surface area contributed by atoms with Crippen molar-refractivity contribution in [2.45, 2.75) is 26.4 Å². The van der Waals surface area contributed by atoms with Crippen molar-refractivity contribution in [2.24, 2.45) is 5.92 Å². The third kappa shape index (κ3) is 4.05. The van der Waals surface area contributed by atoms with E-state index in [1.54, 1.807) is 16.8 Å². The lowest BCUT2D eigenvalue weighted by atomic mass is 9.94. The maximum absolute atomic E-state index is 12.3. The van der Waals surface area contributed by atoms with Gasteiger partial charge in [-0.3, -0.25) is 9.78 Å². The number of carbonyl (C=O) groups is 1. The Hall–Kier alpha value is -1.39. The number of carbonyl (C=O) groups excluding carboxylic acids is 1. The Labute approximate surface area is 134 Å². The molecule has 1 aromatic carbocycles. The fourth-order valence-corrected chi connectivity index (χ4v) is 3.23. The first-order valence-electron chi connectivity index (χ1n) is 6.91. The zero-order chi connectivity index (χ0) is 15.2. The molecule has 2 aromatic rings. The van der Waals surface area contributed by atoms with Crippen LogP contribution in [0.1, 0.15) is 30.3 Å². The number of amides is 1. The Kier molecular flexibility index (Phi) is 5.76. The minimum Gasteiger partial charge on any atom is -0.329 e. The highest BCUT2D eigenvalue weighted by Gasteiger charge is 2.27. The molecule has 1 aromatic heterocycles. The van der Waals surface area contributed by atoms with Gasteiger partial charge in [0.15, 0.2) is 0 Å². The summed E-state index contributed by atoms with van der Waals surface area (Å²) in [6, 6.07) is 10.1. The third-order valence-corrected chi connectivity index (χ3v) is 4.35. The number of halogens is 1. The van der Waals surface area contributed by atoms with Crippen molar-refractivity contribution in [1.29, 1.82) is 0 Å². The van der Waals surface area contributed by atoms with Gasteiger partial charge in [0.25, 0.3) is 0 Å². The van der Waals surface area contributed by atoms with Crippen LogP contribution in [0.2, 0.25) is 0 Å². The summed E-state index contributed by atoms with van der Waals surface area (Å²) in [7, 11) is 0. The van der Waals surface area contributed by atoms with Gasteiger partial charge in [-0.1, -0.05) is 44.2 Å². The summed E-state index contributed by atoms with van der Waals surface area (Å²) < 4.78 is 0. The van der Waals surface area contributed by atoms with Gasteiger partial charge in [0.2, 0.25) is 5.91 Å². The first-order chi connectivity index (χ1) is 10.1. The molecule has 0 bridgehead atoms. The van der Waals surface area contributed by atoms with Crippen LogP contribution in [-0.4, -0.2) is 21.7 Å². The quantitative estimate of drug-likeness (QED) is 0.750. The van der Waals surface area contributed by atoms with Crippen molar-refractivity contribution < 1.29 is 4.79 Å². The van der Waals surface area contributed by atoms with Crippen molar-refractivity contribution in [3.8, 4) is 0 Å². The highest BCUT2D eigenvalue weighted by atomic mass is 35.5. The molecule has 21 heavy (non-hydrogen) atoms. The van der Waals surface area contributed by atoms with Crippen LogP contribution < -0.4 is 0 Å². The summed E-state index contributed by atoms with van der Waals surface area (Å²) in [5.41, 5.74) is 2.92. The second-order valence-electron chi connectivity index (χ2n) is 5.22. The number of nitrogens with zero attached hydrogens (tertiary/aromatic N) is 2. The van der Waals surface area contributed by atoms with E-state index in [0.717, 1.165) is 10.4 Å². The molecule has 1 atom stereocenters. The molecule has 0 spiro atoms. The molecule has 0 aliphatic rings. The second kappa shape index (κ2) is 7.57. The predicted molar refractivity (Wildman–Crippen MR) is 87.4 cm³/mol. The van der Waals surface area contributed by atoms with Crippen LogP contribution in [0.3, 0.4) is 0 Å². The van der Waals surface area contributed by atoms with E-state index in [0.29, 0.717) is 12.5 Å². The SMILES string of the molecule is CC(C)C(c1ccccc1)N(Cc1cncs1)C(=O)CCl. The minimum absolute atomic E-state index is 0.00510. The number of thiazole rings is 1. The van der Waals surface area contributed by atoms with Gasteiger partial charge < -0.3 is 4.90 Å². The Morgan fingerprint density at radius 3 is 2.57 bits per heavy atom. The van der Waals surface area contributed by atoms with Crippen LogP contribution in [-0.2, 0) is 11.3 Å². The van der Waals surface area contributed by atoms with Crippen LogP contribution in [0.25, 0.3) is 0 Å². The number of alkyl halides is 1. The highest BCUT2D eigenvalue weighted by Crippen LogP contribution is 2.30. The molecule has 112 valence electrons. The minimum atomic E-state index is -0.0485. The monoisotopic (exact) mass is 322 g/mol. The number of rotatable bonds is 6. The van der Waals surface area contributed by atoms with Crippen molar-refractivity contribution in [3.63, 3.8) is 0 Å². The molecule has 0 saturated heterocycles. The van der Waals surface area contributed by atoms with E-state index in [9.17, 15) is 4.79 Å². The summed E-state index contributed by atoms with van der Waals surface area (Å²) in [5.74, 6) is 0.245. The number of aromatic nitrogens is 1. The predicted octanol–water partition coefficient (Wildman–Crippen LogP) is 4.11. The fourth-order valence-electron chi connectivity index (χ4n) is 2.48. The van der Waals surface area contributed by atoms with Crippen LogP contribution in [0.5, 0.6) is 0 Å². The smallest absolute Gasteiger partial charge is 0.238 e. The largest absolute Gasteiger partial charge is 0.329 e. The van der Waals surface area contributed by atoms with Crippen molar-refractivity contribution >= 4 is 28.8 Å². The van der Waals surface area contributed by atoms with Crippen LogP contribution >= 0.6 is 22.9 Å². The van der Waals surface area contributed by atoms with Gasteiger partial charge >= 0.3 is 0 Å². The zero-order valence-electron chi connectivity index (χ0n) is 12.2. The molecule has 3 nitrogen and oxygen atoms in total. The Morgan fingerprint density at radius 2 is 2.05 bits per heavy atom. The lowest BCUT2D eigenvalue weighted by molar-refractivity contribution is -0.132. The van der Waals surface area contributed by atoms with Crippen LogP contribution in [0.15, 0.2) is 42.0 Å². The van der Waals surface area contributed by atoms with E-state index in [2.05, 4.69) is 31.0 Å². The number of hydrogen-bond donors (Lipinski definition) is 0. The molecule has 0 fully saturated rings. The standard InChI is InChI=1S/C16H19ClN2OS/c1-12(2)16(13-6-4-3-5-7-13)19(15(20)8-17)10-14-9-18-11-21-14/h3-7,9,11-12,16H,8,10H2,1-2H3. The van der Waals surface area contributed by atoms with Gasteiger partial charge in [0, 0.05) is 11.1 Å². The van der Waals surface area contributed by atoms with E-state index in [4.69, 9.17) is 11.6 Å². The fraction of sp³-hybridized carbons (Fsp3) is 0.375. The summed E-state index contributed by atoms with van der Waals surface area (Å²) in [5, 5.41) is 0. The van der Waals surface area contributed by atoms with Crippen molar-refractivity contribution in [2.75, 3.05) is 5.88 Å². The van der Waals surface area contributed by atoms with E-state index < -0.39 is 0 Å². The normalized spacial score (nSPS) is 12.4. The maximum atomic E-state index is 12.3. The summed E-state index contributed by atoms with van der Waals surface area (Å²) in [6.07, 6.45) is 1.81. The number of benzene rings is 1. The van der Waals surface area contributed by atoms with E-state index in [1.807, 2.05) is 29.3 Å². The average molecular weight is 323 g/mol. The molecule has 0 N–H and O–H groups in total. The van der Waals surface area contributed by atoms with Gasteiger partial charge in [-0.15, -0.1) is 22.9 Å². The number of hydrogen-bond acceptors (Lipinski definition) is 3.